The van der Waals surface area contributed by atoms with E-state index < -0.39 is 24.3 Å². The molecule has 36 heavy (non-hydrogen) atoms. The van der Waals surface area contributed by atoms with Gasteiger partial charge in [-0.05, 0) is 49.6 Å². The number of fused-ring (bicyclic) bond motifs is 3. The number of hydrogen-bond acceptors (Lipinski definition) is 7. The Bertz CT molecular complexity index is 1310. The van der Waals surface area contributed by atoms with Crippen LogP contribution in [0.1, 0.15) is 29.8 Å². The van der Waals surface area contributed by atoms with Crippen LogP contribution in [-0.2, 0) is 0 Å². The Balaban J connectivity index is 1.41. The minimum absolute atomic E-state index is 0.187. The Morgan fingerprint density at radius 3 is 2.58 bits per heavy atom. The minimum atomic E-state index is -1.31. The van der Waals surface area contributed by atoms with Crippen molar-refractivity contribution in [3.63, 3.8) is 0 Å². The van der Waals surface area contributed by atoms with E-state index in [2.05, 4.69) is 10.2 Å². The molecule has 1 aromatic carbocycles. The first-order chi connectivity index (χ1) is 17.2. The molecule has 1 N–H and O–H groups in total. The van der Waals surface area contributed by atoms with Gasteiger partial charge in [-0.2, -0.15) is 0 Å². The largest absolute Gasteiger partial charge is 0.496 e. The predicted octanol–water partition coefficient (Wildman–Crippen LogP) is 3.66. The summed E-state index contributed by atoms with van der Waals surface area (Å²) >= 11 is 0. The molecule has 4 heterocycles. The van der Waals surface area contributed by atoms with Crippen molar-refractivity contribution in [3.05, 3.63) is 36.1 Å². The number of ether oxygens (including phenoxy) is 1. The highest BCUT2D eigenvalue weighted by atomic mass is 19.1. The van der Waals surface area contributed by atoms with E-state index in [1.807, 2.05) is 0 Å². The van der Waals surface area contributed by atoms with Crippen LogP contribution in [0.15, 0.2) is 34.7 Å². The molecule has 0 spiro atoms. The molecular weight excluding hydrogens is 469 g/mol. The third-order valence-corrected chi connectivity index (χ3v) is 7.26. The molecule has 10 nitrogen and oxygen atoms in total. The average molecular weight is 498 g/mol. The zero-order chi connectivity index (χ0) is 25.7. The Morgan fingerprint density at radius 1 is 1.17 bits per heavy atom. The lowest BCUT2D eigenvalue weighted by Crippen LogP contribution is -2.58. The number of halogens is 1. The number of piperidine rings is 1. The maximum absolute atomic E-state index is 15.3. The van der Waals surface area contributed by atoms with Gasteiger partial charge < -0.3 is 24.1 Å². The van der Waals surface area contributed by atoms with Gasteiger partial charge in [0.2, 0.25) is 0 Å². The molecule has 2 bridgehead atoms. The predicted molar refractivity (Wildman–Crippen MR) is 130 cm³/mol. The van der Waals surface area contributed by atoms with E-state index >= 15 is 4.39 Å². The number of amides is 2. The maximum Gasteiger partial charge on any atom is 0.407 e. The van der Waals surface area contributed by atoms with Crippen molar-refractivity contribution in [3.8, 4) is 17.0 Å². The average Bonchev–Trinajstić information content (AvgIpc) is 3.45. The van der Waals surface area contributed by atoms with Crippen molar-refractivity contribution >= 4 is 28.8 Å². The summed E-state index contributed by atoms with van der Waals surface area (Å²) in [6.07, 6.45) is -0.767. The summed E-state index contributed by atoms with van der Waals surface area (Å²) in [5.74, 6) is 1.02. The summed E-state index contributed by atoms with van der Waals surface area (Å²) in [5.41, 5.74) is 1.68. The number of hydrogen-bond donors (Lipinski definition) is 1. The molecule has 11 heteroatoms. The van der Waals surface area contributed by atoms with Crippen LogP contribution < -0.4 is 9.64 Å². The van der Waals surface area contributed by atoms with Crippen molar-refractivity contribution < 1.29 is 28.2 Å². The second-order valence-electron chi connectivity index (χ2n) is 9.52. The van der Waals surface area contributed by atoms with E-state index in [-0.39, 0.29) is 17.7 Å². The van der Waals surface area contributed by atoms with Crippen LogP contribution in [0.3, 0.4) is 0 Å². The molecule has 2 aliphatic heterocycles. The number of anilines is 1. The smallest absolute Gasteiger partial charge is 0.407 e. The summed E-state index contributed by atoms with van der Waals surface area (Å²) < 4.78 is 26.7. The van der Waals surface area contributed by atoms with E-state index in [9.17, 15) is 14.7 Å². The zero-order valence-electron chi connectivity index (χ0n) is 20.5. The van der Waals surface area contributed by atoms with Gasteiger partial charge in [0.15, 0.2) is 11.6 Å². The molecule has 2 aromatic heterocycles. The second-order valence-corrected chi connectivity index (χ2v) is 9.52. The highest BCUT2D eigenvalue weighted by Crippen LogP contribution is 2.40. The standard InChI is InChI=1S/C25H28FN5O5/c1-29(2)24(32)21-10-13-9-20(35-4)15(12-19(13)36-21)16-6-8-22(28-27-16)30(3)18-11-14-5-7-17(23(18)26)31(14)25(33)34/h6,8-10,12,14,17-18,23H,5,7,11H2,1-4H3,(H,33,34)/t14-,17+,18-,23+/m0/s1. The van der Waals surface area contributed by atoms with Crippen molar-refractivity contribution in [1.82, 2.24) is 20.0 Å². The first-order valence-corrected chi connectivity index (χ1v) is 11.7. The van der Waals surface area contributed by atoms with Crippen molar-refractivity contribution in [2.45, 2.75) is 43.6 Å². The van der Waals surface area contributed by atoms with Crippen molar-refractivity contribution in [2.75, 3.05) is 33.2 Å². The molecule has 2 amide bonds. The number of carbonyl (C=O) groups is 2. The zero-order valence-corrected chi connectivity index (χ0v) is 20.5. The van der Waals surface area contributed by atoms with E-state index in [0.29, 0.717) is 47.7 Å². The van der Waals surface area contributed by atoms with Crippen LogP contribution in [0, 0.1) is 0 Å². The lowest BCUT2D eigenvalue weighted by Gasteiger charge is -2.43. The number of carbonyl (C=O) groups excluding carboxylic acids is 1. The fourth-order valence-electron chi connectivity index (χ4n) is 5.38. The minimum Gasteiger partial charge on any atom is -0.496 e. The molecule has 5 rings (SSSR count). The Morgan fingerprint density at radius 2 is 1.94 bits per heavy atom. The molecule has 0 aliphatic carbocycles. The SMILES string of the molecule is COc1cc2cc(C(=O)N(C)C)oc2cc1-c1ccc(N(C)[C@H]2C[C@@H]3CC[C@H]([C@H]2F)N3C(=O)O)nn1. The van der Waals surface area contributed by atoms with Crippen LogP contribution in [0.2, 0.25) is 0 Å². The van der Waals surface area contributed by atoms with Gasteiger partial charge in [-0.15, -0.1) is 10.2 Å². The number of carboxylic acid groups (broad SMARTS) is 1. The first kappa shape index (κ1) is 23.8. The van der Waals surface area contributed by atoms with Crippen LogP contribution in [-0.4, -0.2) is 89.7 Å². The molecule has 0 radical (unpaired) electrons. The van der Waals surface area contributed by atoms with Gasteiger partial charge in [0.25, 0.3) is 5.91 Å². The van der Waals surface area contributed by atoms with Gasteiger partial charge in [-0.1, -0.05) is 0 Å². The Kier molecular flexibility index (Phi) is 5.93. The molecule has 3 aromatic rings. The summed E-state index contributed by atoms with van der Waals surface area (Å²) in [6, 6.07) is 7.43. The van der Waals surface area contributed by atoms with E-state index in [1.165, 1.54) is 9.80 Å². The third-order valence-electron chi connectivity index (χ3n) is 7.26. The molecular formula is C25H28FN5O5. The van der Waals surface area contributed by atoms with Gasteiger partial charge in [0.1, 0.15) is 17.5 Å². The number of rotatable bonds is 5. The number of furan rings is 1. The molecule has 2 fully saturated rings. The second kappa shape index (κ2) is 8.96. The number of methoxy groups -OCH3 is 1. The topological polar surface area (TPSA) is 112 Å². The molecule has 4 atom stereocenters. The van der Waals surface area contributed by atoms with Crippen molar-refractivity contribution in [1.29, 1.82) is 0 Å². The highest BCUT2D eigenvalue weighted by molar-refractivity contribution is 5.97. The van der Waals surface area contributed by atoms with Gasteiger partial charge >= 0.3 is 6.09 Å². The number of aromatic nitrogens is 2. The molecule has 190 valence electrons. The molecule has 0 unspecified atom stereocenters. The van der Waals surface area contributed by atoms with E-state index in [4.69, 9.17) is 9.15 Å². The Labute approximate surface area is 207 Å². The lowest BCUT2D eigenvalue weighted by atomic mass is 9.94. The Hall–Kier alpha value is -3.89. The van der Waals surface area contributed by atoms with E-state index in [1.54, 1.807) is 63.5 Å². The molecule has 0 saturated carbocycles. The first-order valence-electron chi connectivity index (χ1n) is 11.7. The van der Waals surface area contributed by atoms with Crippen LogP contribution in [0.25, 0.3) is 22.2 Å². The van der Waals surface area contributed by atoms with E-state index in [0.717, 1.165) is 5.39 Å². The van der Waals surface area contributed by atoms with Gasteiger partial charge in [0.05, 0.1) is 24.9 Å². The van der Waals surface area contributed by atoms with Crippen molar-refractivity contribution in [2.24, 2.45) is 0 Å². The summed E-state index contributed by atoms with van der Waals surface area (Å²) in [5, 5.41) is 18.9. The monoisotopic (exact) mass is 497 g/mol. The van der Waals surface area contributed by atoms with Crippen LogP contribution in [0.4, 0.5) is 15.0 Å². The fourth-order valence-corrected chi connectivity index (χ4v) is 5.38. The quantitative estimate of drug-likeness (QED) is 0.569. The summed E-state index contributed by atoms with van der Waals surface area (Å²) in [6.45, 7) is 0. The van der Waals surface area contributed by atoms with Gasteiger partial charge in [-0.25, -0.2) is 9.18 Å². The third kappa shape index (κ3) is 3.88. The number of benzene rings is 1. The molecule has 2 saturated heterocycles. The number of nitrogens with zero attached hydrogens (tertiary/aromatic N) is 5. The fraction of sp³-hybridized carbons (Fsp3) is 0.440. The highest BCUT2D eigenvalue weighted by Gasteiger charge is 2.51. The summed E-state index contributed by atoms with van der Waals surface area (Å²) in [4.78, 5) is 28.3. The lowest BCUT2D eigenvalue weighted by molar-refractivity contribution is 0.0490. The van der Waals surface area contributed by atoms with Gasteiger partial charge in [-0.3, -0.25) is 9.69 Å². The van der Waals surface area contributed by atoms with Gasteiger partial charge in [0, 0.05) is 38.1 Å². The normalized spacial score (nSPS) is 23.1. The van der Waals surface area contributed by atoms with Crippen LogP contribution >= 0.6 is 0 Å². The van der Waals surface area contributed by atoms with Crippen LogP contribution in [0.5, 0.6) is 5.75 Å². The maximum atomic E-state index is 15.3. The number of alkyl halides is 1. The summed E-state index contributed by atoms with van der Waals surface area (Å²) in [7, 11) is 6.61. The molecule has 2 aliphatic rings.